The Morgan fingerprint density at radius 3 is 2.68 bits per heavy atom. The standard InChI is InChI=1S/C13H18N2O4/c1-4-14(9-13(16)19-3)8-11-6-5-7-12(10(11)2)15(17)18/h5-7H,4,8-9H2,1-3H3. The highest BCUT2D eigenvalue weighted by Crippen LogP contribution is 2.22. The van der Waals surface area contributed by atoms with Crippen LogP contribution in [0.15, 0.2) is 18.2 Å². The van der Waals surface area contributed by atoms with E-state index in [4.69, 9.17) is 0 Å². The van der Waals surface area contributed by atoms with E-state index < -0.39 is 4.92 Å². The molecule has 0 fully saturated rings. The molecular formula is C13H18N2O4. The number of rotatable bonds is 6. The SMILES string of the molecule is CCN(CC(=O)OC)Cc1cccc([N+](=O)[O-])c1C. The molecule has 0 heterocycles. The second-order valence-electron chi connectivity index (χ2n) is 4.20. The highest BCUT2D eigenvalue weighted by molar-refractivity contribution is 5.71. The number of nitro groups is 1. The monoisotopic (exact) mass is 266 g/mol. The highest BCUT2D eigenvalue weighted by Gasteiger charge is 2.16. The van der Waals surface area contributed by atoms with Crippen LogP contribution < -0.4 is 0 Å². The lowest BCUT2D eigenvalue weighted by molar-refractivity contribution is -0.385. The Hall–Kier alpha value is -1.95. The summed E-state index contributed by atoms with van der Waals surface area (Å²) in [6.45, 7) is 4.97. The number of hydrogen-bond acceptors (Lipinski definition) is 5. The largest absolute Gasteiger partial charge is 0.468 e. The van der Waals surface area contributed by atoms with E-state index in [9.17, 15) is 14.9 Å². The zero-order valence-corrected chi connectivity index (χ0v) is 11.4. The molecule has 1 aromatic carbocycles. The lowest BCUT2D eigenvalue weighted by atomic mass is 10.1. The first-order chi connectivity index (χ1) is 8.99. The Bertz CT molecular complexity index is 474. The molecule has 0 bridgehead atoms. The van der Waals surface area contributed by atoms with Gasteiger partial charge in [-0.05, 0) is 19.0 Å². The molecular weight excluding hydrogens is 248 g/mol. The van der Waals surface area contributed by atoms with Crippen LogP contribution in [0.1, 0.15) is 18.1 Å². The molecule has 0 spiro atoms. The second kappa shape index (κ2) is 6.84. The number of hydrogen-bond donors (Lipinski definition) is 0. The average molecular weight is 266 g/mol. The van der Waals surface area contributed by atoms with E-state index >= 15 is 0 Å². The van der Waals surface area contributed by atoms with Gasteiger partial charge in [0.25, 0.3) is 5.69 Å². The molecule has 0 aliphatic rings. The quantitative estimate of drug-likeness (QED) is 0.446. The molecule has 0 amide bonds. The number of methoxy groups -OCH3 is 1. The molecule has 0 radical (unpaired) electrons. The van der Waals surface area contributed by atoms with Gasteiger partial charge in [0.1, 0.15) is 0 Å². The first-order valence-electron chi connectivity index (χ1n) is 6.01. The van der Waals surface area contributed by atoms with E-state index in [0.29, 0.717) is 18.7 Å². The van der Waals surface area contributed by atoms with Crippen LogP contribution in [0.3, 0.4) is 0 Å². The maximum absolute atomic E-state index is 11.3. The van der Waals surface area contributed by atoms with E-state index in [2.05, 4.69) is 4.74 Å². The summed E-state index contributed by atoms with van der Waals surface area (Å²) < 4.78 is 4.62. The first kappa shape index (κ1) is 15.1. The number of likely N-dealkylation sites (N-methyl/N-ethyl adjacent to an activating group) is 1. The van der Waals surface area contributed by atoms with Gasteiger partial charge in [0, 0.05) is 18.2 Å². The summed E-state index contributed by atoms with van der Waals surface area (Å²) in [5.74, 6) is -0.315. The Labute approximate surface area is 112 Å². The molecule has 0 saturated carbocycles. The van der Waals surface area contributed by atoms with Gasteiger partial charge in [-0.15, -0.1) is 0 Å². The first-order valence-corrected chi connectivity index (χ1v) is 6.01. The van der Waals surface area contributed by atoms with Crippen molar-refractivity contribution in [3.05, 3.63) is 39.4 Å². The maximum atomic E-state index is 11.3. The molecule has 0 atom stereocenters. The number of ether oxygens (including phenoxy) is 1. The van der Waals surface area contributed by atoms with E-state index in [1.807, 2.05) is 17.9 Å². The van der Waals surface area contributed by atoms with E-state index in [-0.39, 0.29) is 18.2 Å². The van der Waals surface area contributed by atoms with Crippen LogP contribution in [-0.4, -0.2) is 36.0 Å². The van der Waals surface area contributed by atoms with Gasteiger partial charge in [-0.1, -0.05) is 19.1 Å². The molecule has 0 saturated heterocycles. The fourth-order valence-corrected chi connectivity index (χ4v) is 1.81. The number of nitro benzene ring substituents is 1. The predicted octanol–water partition coefficient (Wildman–Crippen LogP) is 1.90. The van der Waals surface area contributed by atoms with Gasteiger partial charge >= 0.3 is 5.97 Å². The van der Waals surface area contributed by atoms with Gasteiger partial charge in [0.2, 0.25) is 0 Å². The minimum absolute atomic E-state index is 0.103. The number of benzene rings is 1. The van der Waals surface area contributed by atoms with E-state index in [0.717, 1.165) is 5.56 Å². The van der Waals surface area contributed by atoms with Gasteiger partial charge in [0.05, 0.1) is 18.6 Å². The third-order valence-corrected chi connectivity index (χ3v) is 3.04. The summed E-state index contributed by atoms with van der Waals surface area (Å²) in [6, 6.07) is 4.98. The van der Waals surface area contributed by atoms with Crippen molar-refractivity contribution in [2.24, 2.45) is 0 Å². The van der Waals surface area contributed by atoms with Crippen LogP contribution >= 0.6 is 0 Å². The molecule has 6 nitrogen and oxygen atoms in total. The number of carbonyl (C=O) groups excluding carboxylic acids is 1. The van der Waals surface area contributed by atoms with Gasteiger partial charge in [0.15, 0.2) is 0 Å². The van der Waals surface area contributed by atoms with Crippen LogP contribution in [0.25, 0.3) is 0 Å². The Kier molecular flexibility index (Phi) is 5.44. The zero-order valence-electron chi connectivity index (χ0n) is 11.4. The molecule has 1 aromatic rings. The molecule has 104 valence electrons. The van der Waals surface area contributed by atoms with E-state index in [1.54, 1.807) is 13.0 Å². The Balaban J connectivity index is 2.88. The van der Waals surface area contributed by atoms with Crippen molar-refractivity contribution in [3.8, 4) is 0 Å². The highest BCUT2D eigenvalue weighted by atomic mass is 16.6. The van der Waals surface area contributed by atoms with Crippen molar-refractivity contribution < 1.29 is 14.5 Å². The number of esters is 1. The Morgan fingerprint density at radius 2 is 2.16 bits per heavy atom. The van der Waals surface area contributed by atoms with Gasteiger partial charge in [-0.2, -0.15) is 0 Å². The van der Waals surface area contributed by atoms with Crippen molar-refractivity contribution in [2.75, 3.05) is 20.2 Å². The summed E-state index contributed by atoms with van der Waals surface area (Å²) in [4.78, 5) is 23.6. The van der Waals surface area contributed by atoms with Crippen LogP contribution in [0.2, 0.25) is 0 Å². The number of nitrogens with zero attached hydrogens (tertiary/aromatic N) is 2. The lowest BCUT2D eigenvalue weighted by Crippen LogP contribution is -2.30. The molecule has 0 unspecified atom stereocenters. The van der Waals surface area contributed by atoms with Gasteiger partial charge in [-0.3, -0.25) is 19.8 Å². The summed E-state index contributed by atoms with van der Waals surface area (Å²) in [5.41, 5.74) is 1.59. The second-order valence-corrected chi connectivity index (χ2v) is 4.20. The van der Waals surface area contributed by atoms with Crippen LogP contribution in [0, 0.1) is 17.0 Å². The maximum Gasteiger partial charge on any atom is 0.319 e. The summed E-state index contributed by atoms with van der Waals surface area (Å²) in [7, 11) is 1.34. The van der Waals surface area contributed by atoms with Crippen LogP contribution in [0.4, 0.5) is 5.69 Å². The summed E-state index contributed by atoms with van der Waals surface area (Å²) in [5, 5.41) is 10.9. The molecule has 0 aromatic heterocycles. The molecule has 1 rings (SSSR count). The Morgan fingerprint density at radius 1 is 1.47 bits per heavy atom. The van der Waals surface area contributed by atoms with Gasteiger partial charge < -0.3 is 4.74 Å². The molecule has 0 aliphatic heterocycles. The smallest absolute Gasteiger partial charge is 0.319 e. The minimum Gasteiger partial charge on any atom is -0.468 e. The molecule has 19 heavy (non-hydrogen) atoms. The zero-order chi connectivity index (χ0) is 14.4. The van der Waals surface area contributed by atoms with Crippen LogP contribution in [0.5, 0.6) is 0 Å². The fraction of sp³-hybridized carbons (Fsp3) is 0.462. The average Bonchev–Trinajstić information content (AvgIpc) is 2.39. The van der Waals surface area contributed by atoms with Crippen molar-refractivity contribution in [2.45, 2.75) is 20.4 Å². The van der Waals surface area contributed by atoms with Crippen LogP contribution in [-0.2, 0) is 16.1 Å². The molecule has 0 aliphatic carbocycles. The normalized spacial score (nSPS) is 10.5. The predicted molar refractivity (Wildman–Crippen MR) is 70.8 cm³/mol. The third kappa shape index (κ3) is 4.03. The number of carbonyl (C=O) groups is 1. The minimum atomic E-state index is -0.393. The van der Waals surface area contributed by atoms with Crippen molar-refractivity contribution in [1.29, 1.82) is 0 Å². The van der Waals surface area contributed by atoms with Crippen molar-refractivity contribution in [1.82, 2.24) is 4.90 Å². The topological polar surface area (TPSA) is 72.7 Å². The lowest BCUT2D eigenvalue weighted by Gasteiger charge is -2.19. The van der Waals surface area contributed by atoms with E-state index in [1.165, 1.54) is 13.2 Å². The molecule has 6 heteroatoms. The summed E-state index contributed by atoms with van der Waals surface area (Å²) in [6.07, 6.45) is 0. The fourth-order valence-electron chi connectivity index (χ4n) is 1.81. The third-order valence-electron chi connectivity index (χ3n) is 3.04. The summed E-state index contributed by atoms with van der Waals surface area (Å²) >= 11 is 0. The van der Waals surface area contributed by atoms with Gasteiger partial charge in [-0.25, -0.2) is 0 Å². The molecule has 0 N–H and O–H groups in total. The van der Waals surface area contributed by atoms with Crippen molar-refractivity contribution >= 4 is 11.7 Å². The van der Waals surface area contributed by atoms with Crippen molar-refractivity contribution in [3.63, 3.8) is 0 Å².